The fourth-order valence-corrected chi connectivity index (χ4v) is 4.36. The van der Waals surface area contributed by atoms with Crippen LogP contribution in [0.15, 0.2) is 42.5 Å². The summed E-state index contributed by atoms with van der Waals surface area (Å²) in [4.78, 5) is 14.4. The van der Waals surface area contributed by atoms with E-state index in [1.165, 1.54) is 0 Å². The predicted octanol–water partition coefficient (Wildman–Crippen LogP) is 5.63. The fraction of sp³-hybridized carbons (Fsp3) is 0.250. The average molecular weight is 389 g/mol. The molecule has 0 unspecified atom stereocenters. The van der Waals surface area contributed by atoms with E-state index in [1.807, 2.05) is 30.3 Å². The molecule has 0 amide bonds. The molecule has 6 heteroatoms. The molecular weight excluding hydrogens is 371 g/mol. The zero-order valence-electron chi connectivity index (χ0n) is 14.1. The van der Waals surface area contributed by atoms with Crippen LogP contribution in [0.3, 0.4) is 0 Å². The van der Waals surface area contributed by atoms with Crippen LogP contribution in [0.5, 0.6) is 0 Å². The number of fused-ring (bicyclic) bond motifs is 1. The molecule has 1 saturated heterocycles. The van der Waals surface area contributed by atoms with Crippen molar-refractivity contribution in [3.05, 3.63) is 58.2 Å². The number of halogens is 2. The van der Waals surface area contributed by atoms with Gasteiger partial charge in [0.05, 0.1) is 16.2 Å². The molecule has 0 atom stereocenters. The van der Waals surface area contributed by atoms with Crippen molar-refractivity contribution in [2.75, 3.05) is 18.0 Å². The van der Waals surface area contributed by atoms with Gasteiger partial charge in [-0.15, -0.1) is 0 Å². The van der Waals surface area contributed by atoms with Crippen LogP contribution >= 0.6 is 23.2 Å². The number of para-hydroxylation sites is 1. The number of carbonyl (C=O) groups is 1. The molecule has 0 bridgehead atoms. The maximum absolute atomic E-state index is 12.3. The van der Waals surface area contributed by atoms with Crippen LogP contribution in [0, 0.1) is 0 Å². The van der Waals surface area contributed by atoms with E-state index in [4.69, 9.17) is 23.2 Å². The SMILES string of the molecule is O=C(O)c1c(N2CCCCC2)c2c(Cl)cc(Cl)cc2n1-c1ccccc1. The smallest absolute Gasteiger partial charge is 0.355 e. The van der Waals surface area contributed by atoms with Gasteiger partial charge in [0, 0.05) is 29.2 Å². The van der Waals surface area contributed by atoms with Crippen molar-refractivity contribution in [2.45, 2.75) is 19.3 Å². The molecule has 3 aromatic rings. The number of carboxylic acids is 1. The Kier molecular flexibility index (Phi) is 4.55. The summed E-state index contributed by atoms with van der Waals surface area (Å²) in [5.41, 5.74) is 2.41. The molecule has 0 saturated carbocycles. The van der Waals surface area contributed by atoms with Gasteiger partial charge < -0.3 is 14.6 Å². The van der Waals surface area contributed by atoms with Crippen LogP contribution in [0.4, 0.5) is 5.69 Å². The van der Waals surface area contributed by atoms with Gasteiger partial charge in [-0.25, -0.2) is 4.79 Å². The summed E-state index contributed by atoms with van der Waals surface area (Å²) in [6.07, 6.45) is 3.25. The highest BCUT2D eigenvalue weighted by Gasteiger charge is 2.29. The van der Waals surface area contributed by atoms with Crippen molar-refractivity contribution in [3.63, 3.8) is 0 Å². The molecule has 1 aliphatic rings. The van der Waals surface area contributed by atoms with E-state index in [-0.39, 0.29) is 5.69 Å². The van der Waals surface area contributed by atoms with Crippen molar-refractivity contribution in [1.29, 1.82) is 0 Å². The molecule has 134 valence electrons. The number of nitrogens with zero attached hydrogens (tertiary/aromatic N) is 2. The van der Waals surface area contributed by atoms with E-state index in [1.54, 1.807) is 16.7 Å². The molecule has 0 radical (unpaired) electrons. The second-order valence-corrected chi connectivity index (χ2v) is 7.35. The summed E-state index contributed by atoms with van der Waals surface area (Å²) in [5, 5.41) is 11.8. The van der Waals surface area contributed by atoms with Gasteiger partial charge in [-0.3, -0.25) is 0 Å². The van der Waals surface area contributed by atoms with Gasteiger partial charge in [0.1, 0.15) is 0 Å². The first-order valence-electron chi connectivity index (χ1n) is 8.65. The molecule has 2 aromatic carbocycles. The molecule has 0 spiro atoms. The minimum atomic E-state index is -0.974. The molecule has 1 aliphatic heterocycles. The highest BCUT2D eigenvalue weighted by molar-refractivity contribution is 6.40. The van der Waals surface area contributed by atoms with Gasteiger partial charge in [0.15, 0.2) is 5.69 Å². The number of aromatic carboxylic acids is 1. The second-order valence-electron chi connectivity index (χ2n) is 6.50. The Bertz CT molecular complexity index is 977. The molecule has 4 rings (SSSR count). The minimum absolute atomic E-state index is 0.234. The first kappa shape index (κ1) is 17.3. The highest BCUT2D eigenvalue weighted by Crippen LogP contribution is 2.42. The monoisotopic (exact) mass is 388 g/mol. The lowest BCUT2D eigenvalue weighted by atomic mass is 10.1. The fourth-order valence-electron chi connectivity index (χ4n) is 3.78. The summed E-state index contributed by atoms with van der Waals surface area (Å²) < 4.78 is 1.75. The van der Waals surface area contributed by atoms with Crippen LogP contribution in [0.2, 0.25) is 10.0 Å². The summed E-state index contributed by atoms with van der Waals surface area (Å²) in [6, 6.07) is 12.9. The molecule has 26 heavy (non-hydrogen) atoms. The number of aromatic nitrogens is 1. The number of piperidine rings is 1. The van der Waals surface area contributed by atoms with Crippen molar-refractivity contribution in [1.82, 2.24) is 4.57 Å². The normalized spacial score (nSPS) is 14.8. The van der Waals surface area contributed by atoms with Crippen molar-refractivity contribution < 1.29 is 9.90 Å². The number of hydrogen-bond acceptors (Lipinski definition) is 2. The zero-order chi connectivity index (χ0) is 18.3. The predicted molar refractivity (Wildman–Crippen MR) is 106 cm³/mol. The number of carboxylic acid groups (broad SMARTS) is 1. The van der Waals surface area contributed by atoms with Crippen molar-refractivity contribution in [2.24, 2.45) is 0 Å². The van der Waals surface area contributed by atoms with Crippen LogP contribution < -0.4 is 4.90 Å². The summed E-state index contributed by atoms with van der Waals surface area (Å²) >= 11 is 12.8. The van der Waals surface area contributed by atoms with E-state index in [0.29, 0.717) is 21.2 Å². The second kappa shape index (κ2) is 6.86. The Morgan fingerprint density at radius 3 is 2.35 bits per heavy atom. The number of rotatable bonds is 3. The third-order valence-corrected chi connectivity index (χ3v) is 5.37. The van der Waals surface area contributed by atoms with Crippen LogP contribution in [-0.2, 0) is 0 Å². The topological polar surface area (TPSA) is 45.5 Å². The average Bonchev–Trinajstić information content (AvgIpc) is 2.98. The number of benzene rings is 2. The van der Waals surface area contributed by atoms with Crippen molar-refractivity contribution in [3.8, 4) is 5.69 Å². The molecule has 1 fully saturated rings. The zero-order valence-corrected chi connectivity index (χ0v) is 15.6. The lowest BCUT2D eigenvalue weighted by molar-refractivity contribution is 0.0689. The molecule has 2 heterocycles. The minimum Gasteiger partial charge on any atom is -0.476 e. The van der Waals surface area contributed by atoms with Gasteiger partial charge in [0.2, 0.25) is 0 Å². The third-order valence-electron chi connectivity index (χ3n) is 4.85. The maximum Gasteiger partial charge on any atom is 0.355 e. The Morgan fingerprint density at radius 2 is 1.69 bits per heavy atom. The maximum atomic E-state index is 12.3. The molecular formula is C20H18Cl2N2O2. The van der Waals surface area contributed by atoms with Gasteiger partial charge in [-0.2, -0.15) is 0 Å². The van der Waals surface area contributed by atoms with Gasteiger partial charge in [0.25, 0.3) is 0 Å². The van der Waals surface area contributed by atoms with E-state index in [0.717, 1.165) is 43.4 Å². The largest absolute Gasteiger partial charge is 0.476 e. The Balaban J connectivity index is 2.12. The molecule has 0 aliphatic carbocycles. The van der Waals surface area contributed by atoms with Gasteiger partial charge >= 0.3 is 5.97 Å². The molecule has 1 N–H and O–H groups in total. The Morgan fingerprint density at radius 1 is 1.00 bits per heavy atom. The lowest BCUT2D eigenvalue weighted by Crippen LogP contribution is -2.30. The van der Waals surface area contributed by atoms with Crippen LogP contribution in [-0.4, -0.2) is 28.7 Å². The van der Waals surface area contributed by atoms with Gasteiger partial charge in [-0.05, 0) is 43.5 Å². The number of anilines is 1. The van der Waals surface area contributed by atoms with Crippen LogP contribution in [0.25, 0.3) is 16.6 Å². The van der Waals surface area contributed by atoms with Crippen molar-refractivity contribution >= 4 is 45.8 Å². The van der Waals surface area contributed by atoms with Gasteiger partial charge in [-0.1, -0.05) is 41.4 Å². The third kappa shape index (κ3) is 2.83. The Hall–Kier alpha value is -2.17. The summed E-state index contributed by atoms with van der Waals surface area (Å²) in [5.74, 6) is -0.974. The molecule has 4 nitrogen and oxygen atoms in total. The first-order valence-corrected chi connectivity index (χ1v) is 9.40. The standard InChI is InChI=1S/C20H18Cl2N2O2/c21-13-11-15(22)17-16(12-13)24(14-7-3-1-4-8-14)19(20(25)26)18(17)23-9-5-2-6-10-23/h1,3-4,7-8,11-12H,2,5-6,9-10H2,(H,25,26). The van der Waals surface area contributed by atoms with E-state index >= 15 is 0 Å². The first-order chi connectivity index (χ1) is 12.6. The molecule has 1 aromatic heterocycles. The quantitative estimate of drug-likeness (QED) is 0.632. The highest BCUT2D eigenvalue weighted by atomic mass is 35.5. The van der Waals surface area contributed by atoms with Crippen LogP contribution in [0.1, 0.15) is 29.8 Å². The summed E-state index contributed by atoms with van der Waals surface area (Å²) in [7, 11) is 0. The van der Waals surface area contributed by atoms with E-state index in [2.05, 4.69) is 4.90 Å². The lowest BCUT2D eigenvalue weighted by Gasteiger charge is -2.29. The van der Waals surface area contributed by atoms with E-state index in [9.17, 15) is 9.90 Å². The Labute approximate surface area is 161 Å². The van der Waals surface area contributed by atoms with E-state index < -0.39 is 5.97 Å². The summed E-state index contributed by atoms with van der Waals surface area (Å²) in [6.45, 7) is 1.65. The number of hydrogen-bond donors (Lipinski definition) is 1.